The molecule has 0 spiro atoms. The fourth-order valence-corrected chi connectivity index (χ4v) is 6.36. The fourth-order valence-electron chi connectivity index (χ4n) is 3.97. The number of nitrogen functional groups attached to an aromatic ring is 1. The topological polar surface area (TPSA) is 230 Å². The van der Waals surface area contributed by atoms with E-state index in [0.717, 1.165) is 0 Å². The van der Waals surface area contributed by atoms with E-state index in [2.05, 4.69) is 36.0 Å². The minimum absolute atomic E-state index is 0.0997. The predicted molar refractivity (Wildman–Crippen MR) is 147 cm³/mol. The molecule has 2 atom stereocenters. The van der Waals surface area contributed by atoms with Gasteiger partial charge in [-0.3, -0.25) is 14.5 Å². The van der Waals surface area contributed by atoms with Crippen molar-refractivity contribution in [2.24, 2.45) is 10.9 Å². The van der Waals surface area contributed by atoms with Gasteiger partial charge in [0.15, 0.2) is 11.6 Å². The zero-order valence-electron chi connectivity index (χ0n) is 21.2. The van der Waals surface area contributed by atoms with E-state index in [9.17, 15) is 19.5 Å². The molecule has 212 valence electrons. The summed E-state index contributed by atoms with van der Waals surface area (Å²) >= 11 is 2.57. The van der Waals surface area contributed by atoms with E-state index in [-0.39, 0.29) is 28.8 Å². The molecular weight excluding hydrogens is 574 g/mol. The summed E-state index contributed by atoms with van der Waals surface area (Å²) in [5.74, 6) is -1.73. The highest BCUT2D eigenvalue weighted by Gasteiger charge is 2.54. The van der Waals surface area contributed by atoms with Crippen LogP contribution in [-0.4, -0.2) is 93.1 Å². The highest BCUT2D eigenvalue weighted by molar-refractivity contribution is 8.01. The maximum Gasteiger partial charge on any atom is 0.352 e. The minimum Gasteiger partial charge on any atom is -0.477 e. The van der Waals surface area contributed by atoms with Gasteiger partial charge in [-0.05, 0) is 34.2 Å². The van der Waals surface area contributed by atoms with Crippen LogP contribution in [0.5, 0.6) is 5.75 Å². The standard InChI is InChI=1S/C23H23N11O5S2/c24-7-9-33-23(29-31-32-33)41-11-12-10-40-21-16(20(36)34(21)17(12)22(37)38)28-19(35)15(18-26-8-6-14(25)27-18)30-39-13-4-2-1-3-5-13/h1-6,8,16,21H,7,9-11,24H2,(H,28,35)(H,37,38)(H2,25,26,27)/t16?,21-/m1/s1. The smallest absolute Gasteiger partial charge is 0.352 e. The summed E-state index contributed by atoms with van der Waals surface area (Å²) in [5.41, 5.74) is 11.4. The summed E-state index contributed by atoms with van der Waals surface area (Å²) in [6.45, 7) is 0.744. The molecule has 0 aliphatic carbocycles. The van der Waals surface area contributed by atoms with Crippen molar-refractivity contribution in [3.8, 4) is 5.75 Å². The first-order valence-corrected chi connectivity index (χ1v) is 14.1. The first-order chi connectivity index (χ1) is 19.9. The number of carbonyl (C=O) groups excluding carboxylic acids is 2. The van der Waals surface area contributed by atoms with Gasteiger partial charge in [0.25, 0.3) is 11.8 Å². The lowest BCUT2D eigenvalue weighted by molar-refractivity contribution is -0.150. The Morgan fingerprint density at radius 1 is 1.27 bits per heavy atom. The third kappa shape index (κ3) is 5.98. The molecule has 2 aliphatic heterocycles. The molecular formula is C23H23N11O5S2. The molecule has 4 heterocycles. The van der Waals surface area contributed by atoms with Gasteiger partial charge in [0, 0.05) is 24.2 Å². The van der Waals surface area contributed by atoms with Crippen LogP contribution in [-0.2, 0) is 20.9 Å². The SMILES string of the molecule is NCCn1nnnc1SCC1=C(C(=O)O)N2C(=O)C(NC(=O)C(=NOc3ccccc3)c3nccc(N)n3)[C@H]2SC1. The van der Waals surface area contributed by atoms with Crippen molar-refractivity contribution in [3.05, 3.63) is 59.7 Å². The average Bonchev–Trinajstić information content (AvgIpc) is 3.42. The average molecular weight is 598 g/mol. The van der Waals surface area contributed by atoms with Gasteiger partial charge >= 0.3 is 5.97 Å². The molecule has 5 rings (SSSR count). The Labute approximate surface area is 240 Å². The largest absolute Gasteiger partial charge is 0.477 e. The fraction of sp³-hybridized carbons (Fsp3) is 0.261. The summed E-state index contributed by atoms with van der Waals surface area (Å²) < 4.78 is 1.52. The number of anilines is 1. The number of aliphatic carboxylic acids is 1. The number of tetrazole rings is 1. The van der Waals surface area contributed by atoms with Crippen molar-refractivity contribution in [2.75, 3.05) is 23.8 Å². The maximum absolute atomic E-state index is 13.3. The van der Waals surface area contributed by atoms with Crippen molar-refractivity contribution < 1.29 is 24.3 Å². The first kappa shape index (κ1) is 28.0. The van der Waals surface area contributed by atoms with Crippen molar-refractivity contribution in [3.63, 3.8) is 0 Å². The third-order valence-electron chi connectivity index (χ3n) is 5.84. The number of nitrogens with zero attached hydrogens (tertiary/aromatic N) is 8. The quantitative estimate of drug-likeness (QED) is 0.0929. The number of nitrogens with one attached hydrogen (secondary N) is 1. The number of amides is 2. The number of β-lactam (4-membered cyclic amide) rings is 1. The second-order valence-corrected chi connectivity index (χ2v) is 10.6. The Kier molecular flexibility index (Phi) is 8.41. The number of carbonyl (C=O) groups is 3. The maximum atomic E-state index is 13.3. The Hall–Kier alpha value is -4.55. The molecule has 1 unspecified atom stereocenters. The highest BCUT2D eigenvalue weighted by atomic mass is 32.2. The predicted octanol–water partition coefficient (Wildman–Crippen LogP) is -0.682. The second kappa shape index (κ2) is 12.3. The molecule has 0 bridgehead atoms. The Morgan fingerprint density at radius 3 is 2.80 bits per heavy atom. The number of aromatic nitrogens is 6. The molecule has 2 amide bonds. The van der Waals surface area contributed by atoms with Gasteiger partial charge in [0.2, 0.25) is 10.9 Å². The van der Waals surface area contributed by atoms with E-state index in [1.54, 1.807) is 30.3 Å². The number of fused-ring (bicyclic) bond motifs is 1. The monoisotopic (exact) mass is 597 g/mol. The number of carboxylic acids is 1. The van der Waals surface area contributed by atoms with Crippen LogP contribution >= 0.6 is 23.5 Å². The van der Waals surface area contributed by atoms with Gasteiger partial charge in [0.1, 0.15) is 22.9 Å². The zero-order valence-corrected chi connectivity index (χ0v) is 22.8. The highest BCUT2D eigenvalue weighted by Crippen LogP contribution is 2.41. The number of hydrogen-bond acceptors (Lipinski definition) is 14. The van der Waals surface area contributed by atoms with Crippen LogP contribution in [0.25, 0.3) is 0 Å². The first-order valence-electron chi connectivity index (χ1n) is 12.1. The number of hydrogen-bond donors (Lipinski definition) is 4. The zero-order chi connectivity index (χ0) is 28.9. The van der Waals surface area contributed by atoms with Gasteiger partial charge in [-0.25, -0.2) is 19.4 Å². The number of thioether (sulfide) groups is 2. The molecule has 1 saturated heterocycles. The van der Waals surface area contributed by atoms with E-state index >= 15 is 0 Å². The molecule has 6 N–H and O–H groups in total. The summed E-state index contributed by atoms with van der Waals surface area (Å²) in [4.78, 5) is 53.4. The van der Waals surface area contributed by atoms with Crippen LogP contribution < -0.4 is 21.6 Å². The van der Waals surface area contributed by atoms with Gasteiger partial charge in [-0.1, -0.05) is 35.1 Å². The molecule has 41 heavy (non-hydrogen) atoms. The number of rotatable bonds is 11. The number of nitrogens with two attached hydrogens (primary N) is 2. The molecule has 1 fully saturated rings. The molecule has 0 saturated carbocycles. The summed E-state index contributed by atoms with van der Waals surface area (Å²) in [6.07, 6.45) is 1.36. The van der Waals surface area contributed by atoms with Gasteiger partial charge in [-0.15, -0.1) is 16.9 Å². The third-order valence-corrected chi connectivity index (χ3v) is 8.22. The van der Waals surface area contributed by atoms with Gasteiger partial charge < -0.3 is 26.7 Å². The summed E-state index contributed by atoms with van der Waals surface area (Å²) in [6, 6.07) is 8.94. The molecule has 0 radical (unpaired) electrons. The molecule has 2 aromatic heterocycles. The number of para-hydroxylation sites is 1. The van der Waals surface area contributed by atoms with Crippen LogP contribution in [0.15, 0.2) is 64.2 Å². The Bertz CT molecular complexity index is 1530. The van der Waals surface area contributed by atoms with Gasteiger partial charge in [0.05, 0.1) is 6.54 Å². The lowest BCUT2D eigenvalue weighted by Crippen LogP contribution is -2.71. The van der Waals surface area contributed by atoms with E-state index in [1.165, 1.54) is 45.4 Å². The van der Waals surface area contributed by atoms with Crippen LogP contribution in [0.4, 0.5) is 5.82 Å². The van der Waals surface area contributed by atoms with Crippen molar-refractivity contribution >= 4 is 52.8 Å². The van der Waals surface area contributed by atoms with Crippen molar-refractivity contribution in [1.82, 2.24) is 40.4 Å². The Morgan fingerprint density at radius 2 is 2.07 bits per heavy atom. The van der Waals surface area contributed by atoms with E-state index in [4.69, 9.17) is 16.3 Å². The second-order valence-electron chi connectivity index (χ2n) is 8.53. The normalized spacial score (nSPS) is 18.5. The molecule has 2 aliphatic rings. The van der Waals surface area contributed by atoms with E-state index in [0.29, 0.717) is 35.3 Å². The molecule has 1 aromatic carbocycles. The van der Waals surface area contributed by atoms with Crippen LogP contribution in [0.2, 0.25) is 0 Å². The van der Waals surface area contributed by atoms with Crippen LogP contribution in [0.1, 0.15) is 5.82 Å². The number of oxime groups is 1. The molecule has 3 aromatic rings. The Balaban J connectivity index is 1.33. The number of carboxylic acid groups (broad SMARTS) is 1. The lowest BCUT2D eigenvalue weighted by Gasteiger charge is -2.49. The van der Waals surface area contributed by atoms with E-state index in [1.807, 2.05) is 0 Å². The molecule has 18 heteroatoms. The van der Waals surface area contributed by atoms with Crippen molar-refractivity contribution in [2.45, 2.75) is 23.1 Å². The lowest BCUT2D eigenvalue weighted by atomic mass is 10.0. The van der Waals surface area contributed by atoms with Gasteiger partial charge in [-0.2, -0.15) is 0 Å². The summed E-state index contributed by atoms with van der Waals surface area (Å²) in [7, 11) is 0. The van der Waals surface area contributed by atoms with E-state index < -0.39 is 29.2 Å². The van der Waals surface area contributed by atoms with Crippen LogP contribution in [0.3, 0.4) is 0 Å². The van der Waals surface area contributed by atoms with Crippen LogP contribution in [0, 0.1) is 0 Å². The number of benzene rings is 1. The molecule has 16 nitrogen and oxygen atoms in total. The minimum atomic E-state index is -1.25. The van der Waals surface area contributed by atoms with Crippen molar-refractivity contribution in [1.29, 1.82) is 0 Å². The summed E-state index contributed by atoms with van der Waals surface area (Å²) in [5, 5.41) is 27.8.